The first-order valence-electron chi connectivity index (χ1n) is 9.40. The van der Waals surface area contributed by atoms with Crippen molar-refractivity contribution >= 4 is 11.8 Å². The van der Waals surface area contributed by atoms with Gasteiger partial charge in [-0.1, -0.05) is 44.0 Å². The first-order chi connectivity index (χ1) is 12.1. The number of aliphatic hydroxyl groups excluding tert-OH is 1. The van der Waals surface area contributed by atoms with Crippen molar-refractivity contribution in [1.82, 2.24) is 9.80 Å². The lowest BCUT2D eigenvalue weighted by Gasteiger charge is -2.28. The molecule has 25 heavy (non-hydrogen) atoms. The molecular formula is C20H28N2O3. The summed E-state index contributed by atoms with van der Waals surface area (Å²) >= 11 is 0. The van der Waals surface area contributed by atoms with Gasteiger partial charge in [0.05, 0.1) is 12.6 Å². The Morgan fingerprint density at radius 3 is 2.48 bits per heavy atom. The molecule has 1 atom stereocenters. The molecule has 0 radical (unpaired) electrons. The number of carbonyl (C=O) groups is 2. The van der Waals surface area contributed by atoms with Gasteiger partial charge in [0.1, 0.15) is 0 Å². The fraction of sp³-hybridized carbons (Fsp3) is 0.600. The van der Waals surface area contributed by atoms with E-state index in [0.29, 0.717) is 13.0 Å². The standard InChI is InChI=1S/C20H28N2O3/c1-2-3-4-9-19(24)21-12-18(23)13-22(20(25)14-21)17-10-15-7-5-6-8-16(15)11-17/h5-8,17-18,23H,2-4,9-14H2,1H3. The second kappa shape index (κ2) is 8.00. The van der Waals surface area contributed by atoms with E-state index in [0.717, 1.165) is 32.1 Å². The second-order valence-corrected chi connectivity index (χ2v) is 7.26. The van der Waals surface area contributed by atoms with Gasteiger partial charge in [0, 0.05) is 25.6 Å². The molecule has 1 aromatic rings. The molecule has 2 aliphatic rings. The van der Waals surface area contributed by atoms with Crippen molar-refractivity contribution in [3.8, 4) is 0 Å². The van der Waals surface area contributed by atoms with Gasteiger partial charge in [-0.15, -0.1) is 0 Å². The Balaban J connectivity index is 1.64. The molecule has 2 amide bonds. The fourth-order valence-corrected chi connectivity index (χ4v) is 3.94. The Bertz CT molecular complexity index is 606. The lowest BCUT2D eigenvalue weighted by Crippen LogP contribution is -2.45. The predicted octanol–water partition coefficient (Wildman–Crippen LogP) is 1.77. The molecule has 1 aliphatic heterocycles. The van der Waals surface area contributed by atoms with Crippen LogP contribution in [0.4, 0.5) is 0 Å². The third kappa shape index (κ3) is 4.21. The van der Waals surface area contributed by atoms with Crippen molar-refractivity contribution in [2.75, 3.05) is 19.6 Å². The number of unbranched alkanes of at least 4 members (excludes halogenated alkanes) is 2. The van der Waals surface area contributed by atoms with Crippen LogP contribution in [0.1, 0.15) is 43.7 Å². The van der Waals surface area contributed by atoms with Gasteiger partial charge in [-0.2, -0.15) is 0 Å². The molecule has 0 saturated carbocycles. The zero-order valence-electron chi connectivity index (χ0n) is 15.0. The van der Waals surface area contributed by atoms with Gasteiger partial charge < -0.3 is 14.9 Å². The molecule has 5 heteroatoms. The summed E-state index contributed by atoms with van der Waals surface area (Å²) in [6, 6.07) is 8.36. The molecule has 0 bridgehead atoms. The number of nitrogens with zero attached hydrogens (tertiary/aromatic N) is 2. The first-order valence-corrected chi connectivity index (χ1v) is 9.40. The highest BCUT2D eigenvalue weighted by Gasteiger charge is 2.35. The number of β-amino-alcohol motifs (C(OH)–C–C–N with tert-alkyl or cyclic N) is 1. The maximum Gasteiger partial charge on any atom is 0.242 e. The van der Waals surface area contributed by atoms with Crippen LogP contribution in [0.5, 0.6) is 0 Å². The molecule has 1 N–H and O–H groups in total. The van der Waals surface area contributed by atoms with Gasteiger partial charge in [0.15, 0.2) is 0 Å². The van der Waals surface area contributed by atoms with Crippen LogP contribution in [0.25, 0.3) is 0 Å². The minimum atomic E-state index is -0.676. The molecule has 1 unspecified atom stereocenters. The molecule has 0 spiro atoms. The smallest absolute Gasteiger partial charge is 0.242 e. The average Bonchev–Trinajstić information content (AvgIpc) is 2.96. The van der Waals surface area contributed by atoms with Crippen molar-refractivity contribution in [2.45, 2.75) is 57.6 Å². The van der Waals surface area contributed by atoms with Gasteiger partial charge in [0.25, 0.3) is 0 Å². The van der Waals surface area contributed by atoms with Crippen LogP contribution in [-0.4, -0.2) is 58.5 Å². The molecular weight excluding hydrogens is 316 g/mol. The predicted molar refractivity (Wildman–Crippen MR) is 96.1 cm³/mol. The minimum absolute atomic E-state index is 0.0163. The number of hydrogen-bond acceptors (Lipinski definition) is 3. The minimum Gasteiger partial charge on any atom is -0.389 e. The normalized spacial score (nSPS) is 21.4. The number of benzene rings is 1. The monoisotopic (exact) mass is 344 g/mol. The SMILES string of the molecule is CCCCCC(=O)N1CC(=O)N(C2Cc3ccccc3C2)CC(O)C1. The van der Waals surface area contributed by atoms with Crippen LogP contribution in [0.15, 0.2) is 24.3 Å². The van der Waals surface area contributed by atoms with Crippen molar-refractivity contribution in [3.63, 3.8) is 0 Å². The molecule has 0 aromatic heterocycles. The van der Waals surface area contributed by atoms with Crippen LogP contribution in [0.2, 0.25) is 0 Å². The summed E-state index contributed by atoms with van der Waals surface area (Å²) in [5.41, 5.74) is 2.57. The number of amides is 2. The van der Waals surface area contributed by atoms with Gasteiger partial charge in [-0.05, 0) is 30.4 Å². The van der Waals surface area contributed by atoms with Gasteiger partial charge in [0.2, 0.25) is 11.8 Å². The Kier molecular flexibility index (Phi) is 5.74. The Morgan fingerprint density at radius 1 is 1.16 bits per heavy atom. The summed E-state index contributed by atoms with van der Waals surface area (Å²) in [6.45, 7) is 2.76. The number of carbonyl (C=O) groups excluding carboxylic acids is 2. The average molecular weight is 344 g/mol. The van der Waals surface area contributed by atoms with E-state index in [-0.39, 0.29) is 30.9 Å². The third-order valence-electron chi connectivity index (χ3n) is 5.30. The summed E-state index contributed by atoms with van der Waals surface area (Å²) < 4.78 is 0. The molecule has 1 saturated heterocycles. The van der Waals surface area contributed by atoms with Crippen molar-refractivity contribution < 1.29 is 14.7 Å². The van der Waals surface area contributed by atoms with Crippen LogP contribution in [0.3, 0.4) is 0 Å². The molecule has 136 valence electrons. The van der Waals surface area contributed by atoms with E-state index in [1.807, 2.05) is 12.1 Å². The molecule has 1 fully saturated rings. The number of fused-ring (bicyclic) bond motifs is 1. The van der Waals surface area contributed by atoms with E-state index in [1.54, 1.807) is 9.80 Å². The molecule has 1 heterocycles. The van der Waals surface area contributed by atoms with E-state index in [2.05, 4.69) is 19.1 Å². The quantitative estimate of drug-likeness (QED) is 0.828. The van der Waals surface area contributed by atoms with Gasteiger partial charge in [-0.3, -0.25) is 9.59 Å². The summed E-state index contributed by atoms with van der Waals surface area (Å²) in [6.07, 6.45) is 4.37. The van der Waals surface area contributed by atoms with Gasteiger partial charge in [-0.25, -0.2) is 0 Å². The summed E-state index contributed by atoms with van der Waals surface area (Å²) in [5, 5.41) is 10.4. The van der Waals surface area contributed by atoms with Crippen molar-refractivity contribution in [3.05, 3.63) is 35.4 Å². The van der Waals surface area contributed by atoms with Crippen LogP contribution < -0.4 is 0 Å². The highest BCUT2D eigenvalue weighted by atomic mass is 16.3. The lowest BCUT2D eigenvalue weighted by atomic mass is 10.1. The number of rotatable bonds is 5. The maximum atomic E-state index is 12.8. The summed E-state index contributed by atoms with van der Waals surface area (Å²) in [4.78, 5) is 28.5. The number of aliphatic hydroxyl groups is 1. The Hall–Kier alpha value is -1.88. The van der Waals surface area contributed by atoms with E-state index in [4.69, 9.17) is 0 Å². The van der Waals surface area contributed by atoms with E-state index >= 15 is 0 Å². The fourth-order valence-electron chi connectivity index (χ4n) is 3.94. The van der Waals surface area contributed by atoms with Crippen LogP contribution >= 0.6 is 0 Å². The van der Waals surface area contributed by atoms with Gasteiger partial charge >= 0.3 is 0 Å². The number of hydrogen-bond donors (Lipinski definition) is 1. The van der Waals surface area contributed by atoms with Crippen LogP contribution in [0, 0.1) is 0 Å². The Labute approximate surface area is 149 Å². The van der Waals surface area contributed by atoms with Crippen LogP contribution in [-0.2, 0) is 22.4 Å². The first kappa shape index (κ1) is 17.9. The lowest BCUT2D eigenvalue weighted by molar-refractivity contribution is -0.139. The summed E-state index contributed by atoms with van der Waals surface area (Å²) in [7, 11) is 0. The molecule has 3 rings (SSSR count). The Morgan fingerprint density at radius 2 is 1.84 bits per heavy atom. The molecule has 5 nitrogen and oxygen atoms in total. The van der Waals surface area contributed by atoms with Crippen molar-refractivity contribution in [2.24, 2.45) is 0 Å². The van der Waals surface area contributed by atoms with E-state index < -0.39 is 6.10 Å². The van der Waals surface area contributed by atoms with E-state index in [9.17, 15) is 14.7 Å². The molecule has 1 aliphatic carbocycles. The topological polar surface area (TPSA) is 60.9 Å². The zero-order valence-corrected chi connectivity index (χ0v) is 15.0. The zero-order chi connectivity index (χ0) is 17.8. The highest BCUT2D eigenvalue weighted by Crippen LogP contribution is 2.26. The third-order valence-corrected chi connectivity index (χ3v) is 5.30. The largest absolute Gasteiger partial charge is 0.389 e. The molecule has 1 aromatic carbocycles. The second-order valence-electron chi connectivity index (χ2n) is 7.26. The van der Waals surface area contributed by atoms with Crippen molar-refractivity contribution in [1.29, 1.82) is 0 Å². The highest BCUT2D eigenvalue weighted by molar-refractivity contribution is 5.85. The summed E-state index contributed by atoms with van der Waals surface area (Å²) in [5.74, 6) is -0.0596. The van der Waals surface area contributed by atoms with E-state index in [1.165, 1.54) is 11.1 Å². The maximum absolute atomic E-state index is 12.8.